The number of hydrogen-bond acceptors (Lipinski definition) is 6. The summed E-state index contributed by atoms with van der Waals surface area (Å²) in [5.41, 5.74) is 4.80. The van der Waals surface area contributed by atoms with Crippen LogP contribution < -0.4 is 10.2 Å². The number of amides is 1. The Morgan fingerprint density at radius 3 is 2.23 bits per heavy atom. The molecule has 4 N–H and O–H groups in total. The van der Waals surface area contributed by atoms with Crippen molar-refractivity contribution >= 4 is 23.0 Å². The van der Waals surface area contributed by atoms with Gasteiger partial charge in [-0.25, -0.2) is 0 Å². The molecule has 30 heavy (non-hydrogen) atoms. The lowest BCUT2D eigenvalue weighted by molar-refractivity contribution is -0.344. The summed E-state index contributed by atoms with van der Waals surface area (Å²) in [6.45, 7) is 6.02. The van der Waals surface area contributed by atoms with Crippen molar-refractivity contribution < 1.29 is 20.1 Å². The third-order valence-electron chi connectivity index (χ3n) is 6.12. The molecule has 2 aromatic carbocycles. The molecule has 0 aliphatic carbocycles. The molecule has 0 radical (unpaired) electrons. The third kappa shape index (κ3) is 4.14. The Bertz CT molecular complexity index is 913. The number of hydrogen-bond donors (Lipinski definition) is 4. The predicted molar refractivity (Wildman–Crippen MR) is 116 cm³/mol. The van der Waals surface area contributed by atoms with E-state index in [9.17, 15) is 20.1 Å². The fraction of sp³-hybridized carbons (Fsp3) is 0.435. The predicted octanol–water partition coefficient (Wildman–Crippen LogP) is 2.64. The number of fused-ring (bicyclic) bond motifs is 1. The van der Waals surface area contributed by atoms with E-state index in [-0.39, 0.29) is 11.9 Å². The summed E-state index contributed by atoms with van der Waals surface area (Å²) in [5, 5.41) is 31.5. The number of aliphatic hydroxyl groups is 3. The fourth-order valence-corrected chi connectivity index (χ4v) is 4.29. The lowest BCUT2D eigenvalue weighted by Gasteiger charge is -2.36. The van der Waals surface area contributed by atoms with Gasteiger partial charge in [-0.15, -0.1) is 0 Å². The highest BCUT2D eigenvalue weighted by atomic mass is 16.7. The van der Waals surface area contributed by atoms with Gasteiger partial charge in [0.15, 0.2) is 0 Å². The molecule has 0 aromatic heterocycles. The highest BCUT2D eigenvalue weighted by Gasteiger charge is 2.35. The van der Waals surface area contributed by atoms with Crippen molar-refractivity contribution in [3.63, 3.8) is 0 Å². The molecular weight excluding hydrogens is 382 g/mol. The molecule has 7 nitrogen and oxygen atoms in total. The Labute approximate surface area is 176 Å². The molecule has 1 saturated heterocycles. The van der Waals surface area contributed by atoms with Crippen LogP contribution in [0.1, 0.15) is 42.6 Å². The van der Waals surface area contributed by atoms with Gasteiger partial charge >= 0.3 is 0 Å². The molecule has 0 unspecified atom stereocenters. The van der Waals surface area contributed by atoms with Crippen molar-refractivity contribution in [1.29, 1.82) is 0 Å². The van der Waals surface area contributed by atoms with Crippen LogP contribution in [-0.4, -0.2) is 51.2 Å². The van der Waals surface area contributed by atoms with Crippen molar-refractivity contribution in [2.45, 2.75) is 45.2 Å². The minimum atomic E-state index is -2.59. The van der Waals surface area contributed by atoms with Gasteiger partial charge in [0, 0.05) is 54.2 Å². The second-order valence-corrected chi connectivity index (χ2v) is 8.52. The average Bonchev–Trinajstić information content (AvgIpc) is 3.04. The lowest BCUT2D eigenvalue weighted by atomic mass is 9.94. The van der Waals surface area contributed by atoms with E-state index in [2.05, 4.69) is 10.2 Å². The molecule has 2 aromatic rings. The van der Waals surface area contributed by atoms with Gasteiger partial charge in [0.2, 0.25) is 0 Å². The Balaban J connectivity index is 1.39. The van der Waals surface area contributed by atoms with Gasteiger partial charge in [-0.1, -0.05) is 0 Å². The van der Waals surface area contributed by atoms with Crippen molar-refractivity contribution in [1.82, 2.24) is 4.90 Å². The second-order valence-electron chi connectivity index (χ2n) is 8.52. The molecule has 0 saturated carbocycles. The number of carbonyl (C=O) groups is 1. The first-order valence-electron chi connectivity index (χ1n) is 10.5. The molecule has 2 aliphatic rings. The van der Waals surface area contributed by atoms with Gasteiger partial charge in [0.1, 0.15) is 0 Å². The minimum absolute atomic E-state index is 0.0977. The van der Waals surface area contributed by atoms with E-state index in [0.29, 0.717) is 32.5 Å². The summed E-state index contributed by atoms with van der Waals surface area (Å²) in [5.74, 6) is -3.01. The topological polar surface area (TPSA) is 96.3 Å². The molecule has 1 amide bonds. The van der Waals surface area contributed by atoms with Crippen molar-refractivity contribution in [2.24, 2.45) is 5.92 Å². The minimum Gasteiger partial charge on any atom is -0.372 e. The maximum atomic E-state index is 12.4. The summed E-state index contributed by atoms with van der Waals surface area (Å²) in [7, 11) is 0. The van der Waals surface area contributed by atoms with Gasteiger partial charge in [0.05, 0.1) is 0 Å². The summed E-state index contributed by atoms with van der Waals surface area (Å²) in [6, 6.07) is 14.1. The zero-order valence-corrected chi connectivity index (χ0v) is 17.4. The molecule has 160 valence electrons. The monoisotopic (exact) mass is 411 g/mol. The average molecular weight is 412 g/mol. The van der Waals surface area contributed by atoms with Crippen LogP contribution in [0.2, 0.25) is 0 Å². The highest BCUT2D eigenvalue weighted by Crippen LogP contribution is 2.31. The number of nitrogens with one attached hydrogen (secondary N) is 1. The van der Waals surface area contributed by atoms with Crippen molar-refractivity contribution in [3.05, 3.63) is 53.6 Å². The van der Waals surface area contributed by atoms with Crippen LogP contribution in [0.15, 0.2) is 42.5 Å². The largest absolute Gasteiger partial charge is 0.372 e. The number of piperidine rings is 1. The number of benzene rings is 2. The van der Waals surface area contributed by atoms with E-state index < -0.39 is 11.9 Å². The van der Waals surface area contributed by atoms with E-state index in [1.54, 1.807) is 0 Å². The van der Waals surface area contributed by atoms with E-state index >= 15 is 0 Å². The zero-order valence-electron chi connectivity index (χ0n) is 17.4. The number of rotatable bonds is 5. The van der Waals surface area contributed by atoms with Crippen LogP contribution >= 0.6 is 0 Å². The van der Waals surface area contributed by atoms with Crippen LogP contribution in [0.3, 0.4) is 0 Å². The lowest BCUT2D eigenvalue weighted by Crippen LogP contribution is -2.45. The van der Waals surface area contributed by atoms with Crippen LogP contribution in [0.5, 0.6) is 0 Å². The molecule has 0 spiro atoms. The van der Waals surface area contributed by atoms with Crippen LogP contribution in [0.25, 0.3) is 0 Å². The summed E-state index contributed by atoms with van der Waals surface area (Å²) in [4.78, 5) is 16.5. The summed E-state index contributed by atoms with van der Waals surface area (Å²) < 4.78 is 0. The van der Waals surface area contributed by atoms with Gasteiger partial charge in [-0.3, -0.25) is 4.79 Å². The van der Waals surface area contributed by atoms with Gasteiger partial charge < -0.3 is 30.4 Å². The van der Waals surface area contributed by atoms with E-state index in [4.69, 9.17) is 0 Å². The smallest absolute Gasteiger partial charge is 0.278 e. The summed E-state index contributed by atoms with van der Waals surface area (Å²) in [6.07, 6.45) is 1.04. The van der Waals surface area contributed by atoms with Crippen LogP contribution in [0.4, 0.5) is 17.1 Å². The first kappa shape index (κ1) is 20.7. The Kier molecular flexibility index (Phi) is 5.44. The molecule has 4 rings (SSSR count). The van der Waals surface area contributed by atoms with E-state index in [0.717, 1.165) is 28.2 Å². The number of carbonyl (C=O) groups excluding carboxylic acids is 1. The molecule has 0 bridgehead atoms. The second kappa shape index (κ2) is 7.91. The molecule has 0 atom stereocenters. The first-order valence-corrected chi connectivity index (χ1v) is 10.5. The molecule has 7 heteroatoms. The maximum Gasteiger partial charge on any atom is 0.278 e. The molecular formula is C23H29N3O4. The highest BCUT2D eigenvalue weighted by molar-refractivity contribution is 5.99. The third-order valence-corrected chi connectivity index (χ3v) is 6.12. The maximum absolute atomic E-state index is 12.4. The Hall–Kier alpha value is -2.61. The van der Waals surface area contributed by atoms with E-state index in [1.807, 2.05) is 61.2 Å². The molecule has 2 heterocycles. The van der Waals surface area contributed by atoms with Gasteiger partial charge in [-0.05, 0) is 74.7 Å². The standard InChI is InChI=1S/C23H29N3O4/c1-15(2)26-14-16-13-19(5-8-21(16)22(26)27)24-18-3-6-20(7-4-18)25-11-9-17(10-12-25)23(28,29)30/h3-8,13,15,17,24,28-30H,9-12,14H2,1-2H3. The SMILES string of the molecule is CC(C)N1Cc2cc(Nc3ccc(N4CCC(C(O)(O)O)CC4)cc3)ccc2C1=O. The fourth-order valence-electron chi connectivity index (χ4n) is 4.29. The number of nitrogens with zero attached hydrogens (tertiary/aromatic N) is 2. The van der Waals surface area contributed by atoms with Crippen LogP contribution in [0, 0.1) is 5.92 Å². The van der Waals surface area contributed by atoms with Crippen molar-refractivity contribution in [2.75, 3.05) is 23.3 Å². The molecule has 1 fully saturated rings. The number of anilines is 3. The van der Waals surface area contributed by atoms with Gasteiger partial charge in [0.25, 0.3) is 11.9 Å². The van der Waals surface area contributed by atoms with Gasteiger partial charge in [-0.2, -0.15) is 0 Å². The zero-order chi connectivity index (χ0) is 21.5. The quantitative estimate of drug-likeness (QED) is 0.565. The normalized spacial score (nSPS) is 17.6. The van der Waals surface area contributed by atoms with Crippen molar-refractivity contribution in [3.8, 4) is 0 Å². The Morgan fingerprint density at radius 1 is 1.00 bits per heavy atom. The van der Waals surface area contributed by atoms with E-state index in [1.165, 1.54) is 0 Å². The Morgan fingerprint density at radius 2 is 1.63 bits per heavy atom. The van der Waals surface area contributed by atoms with Crippen LogP contribution in [-0.2, 0) is 6.54 Å². The summed E-state index contributed by atoms with van der Waals surface area (Å²) >= 11 is 0. The first-order chi connectivity index (χ1) is 14.2. The molecule has 2 aliphatic heterocycles.